The van der Waals surface area contributed by atoms with Crippen molar-refractivity contribution in [2.45, 2.75) is 38.3 Å². The number of rotatable bonds is 7. The van der Waals surface area contributed by atoms with E-state index in [9.17, 15) is 13.2 Å². The molecular weight excluding hydrogens is 418 g/mol. The first-order valence-corrected chi connectivity index (χ1v) is 11.3. The monoisotopic (exact) mass is 439 g/mol. The first-order chi connectivity index (χ1) is 14.9. The molecule has 0 aliphatic carbocycles. The Morgan fingerprint density at radius 1 is 1.10 bits per heavy atom. The number of nitrogens with one attached hydrogen (secondary N) is 1. The molecule has 2 heterocycles. The molecule has 4 aromatic rings. The van der Waals surface area contributed by atoms with E-state index in [-0.39, 0.29) is 22.9 Å². The first-order valence-electron chi connectivity index (χ1n) is 9.78. The van der Waals surface area contributed by atoms with Crippen molar-refractivity contribution in [3.8, 4) is 11.4 Å². The number of hydrogen-bond donors (Lipinski definition) is 1. The van der Waals surface area contributed by atoms with E-state index in [1.165, 1.54) is 12.1 Å². The lowest BCUT2D eigenvalue weighted by Crippen LogP contribution is -2.24. The second-order valence-corrected chi connectivity index (χ2v) is 8.77. The molecule has 0 aliphatic heterocycles. The smallest absolute Gasteiger partial charge is 0.272 e. The molecule has 0 spiro atoms. The predicted octanol–water partition coefficient (Wildman–Crippen LogP) is 2.64. The lowest BCUT2D eigenvalue weighted by Gasteiger charge is -2.10. The van der Waals surface area contributed by atoms with Gasteiger partial charge in [0.25, 0.3) is 5.56 Å². The topological polar surface area (TPSA) is 120 Å². The Bertz CT molecular complexity index is 1390. The SMILES string of the molecule is CCCn1c(=O)c(C)nc2cc(-c3noc(CNS(=O)(=O)c4ccccc4)n3)ccc21. The van der Waals surface area contributed by atoms with Crippen molar-refractivity contribution >= 4 is 21.1 Å². The van der Waals surface area contributed by atoms with Crippen LogP contribution < -0.4 is 10.3 Å². The third kappa shape index (κ3) is 4.25. The Hall–Kier alpha value is -3.37. The molecule has 2 aromatic carbocycles. The van der Waals surface area contributed by atoms with Crippen LogP contribution in [0.3, 0.4) is 0 Å². The maximum atomic E-state index is 12.4. The summed E-state index contributed by atoms with van der Waals surface area (Å²) in [6, 6.07) is 13.4. The molecule has 4 rings (SSSR count). The minimum Gasteiger partial charge on any atom is -0.338 e. The highest BCUT2D eigenvalue weighted by Crippen LogP contribution is 2.21. The van der Waals surface area contributed by atoms with Gasteiger partial charge in [-0.25, -0.2) is 18.1 Å². The van der Waals surface area contributed by atoms with Crippen LogP contribution in [0, 0.1) is 6.92 Å². The van der Waals surface area contributed by atoms with Crippen molar-refractivity contribution < 1.29 is 12.9 Å². The van der Waals surface area contributed by atoms with Crippen molar-refractivity contribution in [3.63, 3.8) is 0 Å². The van der Waals surface area contributed by atoms with E-state index >= 15 is 0 Å². The summed E-state index contributed by atoms with van der Waals surface area (Å²) in [5.74, 6) is 0.443. The third-order valence-electron chi connectivity index (χ3n) is 4.75. The van der Waals surface area contributed by atoms with E-state index in [0.29, 0.717) is 29.1 Å². The summed E-state index contributed by atoms with van der Waals surface area (Å²) in [5, 5.41) is 3.95. The molecule has 0 aliphatic rings. The van der Waals surface area contributed by atoms with Crippen molar-refractivity contribution in [1.82, 2.24) is 24.4 Å². The molecule has 0 amide bonds. The van der Waals surface area contributed by atoms with Crippen LogP contribution in [0.4, 0.5) is 0 Å². The van der Waals surface area contributed by atoms with E-state index in [1.54, 1.807) is 41.8 Å². The van der Waals surface area contributed by atoms with Gasteiger partial charge in [-0.05, 0) is 43.7 Å². The zero-order valence-corrected chi connectivity index (χ0v) is 17.9. The normalized spacial score (nSPS) is 11.8. The number of benzene rings is 2. The standard InChI is InChI=1S/C21H21N5O4S/c1-3-11-26-18-10-9-15(12-17(18)23-14(2)21(26)27)20-24-19(30-25-20)13-22-31(28,29)16-7-5-4-6-8-16/h4-10,12,22H,3,11,13H2,1-2H3. The number of fused-ring (bicyclic) bond motifs is 1. The molecule has 2 aromatic heterocycles. The van der Waals surface area contributed by atoms with Gasteiger partial charge < -0.3 is 9.09 Å². The summed E-state index contributed by atoms with van der Waals surface area (Å²) in [6.45, 7) is 4.17. The molecule has 0 saturated carbocycles. The average Bonchev–Trinajstić information content (AvgIpc) is 3.25. The van der Waals surface area contributed by atoms with Gasteiger partial charge in [0.05, 0.1) is 22.5 Å². The van der Waals surface area contributed by atoms with Gasteiger partial charge in [-0.2, -0.15) is 4.98 Å². The quantitative estimate of drug-likeness (QED) is 0.470. The fraction of sp³-hybridized carbons (Fsp3) is 0.238. The van der Waals surface area contributed by atoms with Crippen molar-refractivity contribution in [2.24, 2.45) is 0 Å². The van der Waals surface area contributed by atoms with Crippen LogP contribution in [0.15, 0.2) is 62.7 Å². The molecule has 9 nitrogen and oxygen atoms in total. The fourth-order valence-electron chi connectivity index (χ4n) is 3.24. The van der Waals surface area contributed by atoms with Crippen LogP contribution in [0.25, 0.3) is 22.4 Å². The molecule has 10 heteroatoms. The van der Waals surface area contributed by atoms with Gasteiger partial charge in [0, 0.05) is 12.1 Å². The van der Waals surface area contributed by atoms with E-state index in [1.807, 2.05) is 13.0 Å². The molecule has 0 atom stereocenters. The van der Waals surface area contributed by atoms with Gasteiger partial charge in [-0.3, -0.25) is 4.79 Å². The predicted molar refractivity (Wildman–Crippen MR) is 115 cm³/mol. The minimum absolute atomic E-state index is 0.102. The highest BCUT2D eigenvalue weighted by molar-refractivity contribution is 7.89. The second-order valence-electron chi connectivity index (χ2n) is 7.01. The van der Waals surface area contributed by atoms with Gasteiger partial charge in [-0.15, -0.1) is 0 Å². The minimum atomic E-state index is -3.68. The second kappa shape index (κ2) is 8.40. The molecule has 0 fully saturated rings. The Morgan fingerprint density at radius 3 is 2.61 bits per heavy atom. The summed E-state index contributed by atoms with van der Waals surface area (Å²) in [4.78, 5) is 21.2. The van der Waals surface area contributed by atoms with Gasteiger partial charge in [0.1, 0.15) is 5.69 Å². The molecule has 0 bridgehead atoms. The van der Waals surface area contributed by atoms with Crippen LogP contribution in [0.2, 0.25) is 0 Å². The lowest BCUT2D eigenvalue weighted by molar-refractivity contribution is 0.376. The Balaban J connectivity index is 1.59. The van der Waals surface area contributed by atoms with Gasteiger partial charge >= 0.3 is 0 Å². The van der Waals surface area contributed by atoms with Gasteiger partial charge in [0.15, 0.2) is 0 Å². The van der Waals surface area contributed by atoms with Crippen molar-refractivity contribution in [1.29, 1.82) is 0 Å². The van der Waals surface area contributed by atoms with E-state index in [2.05, 4.69) is 19.8 Å². The first kappa shape index (κ1) is 20.9. The summed E-state index contributed by atoms with van der Waals surface area (Å²) in [7, 11) is -3.68. The summed E-state index contributed by atoms with van der Waals surface area (Å²) in [5.41, 5.74) is 2.36. The van der Waals surface area contributed by atoms with Gasteiger partial charge in [-0.1, -0.05) is 30.3 Å². The number of aryl methyl sites for hydroxylation is 2. The zero-order valence-electron chi connectivity index (χ0n) is 17.1. The molecular formula is C21H21N5O4S. The molecule has 31 heavy (non-hydrogen) atoms. The molecule has 1 N–H and O–H groups in total. The van der Waals surface area contributed by atoms with Crippen LogP contribution in [0.1, 0.15) is 24.9 Å². The van der Waals surface area contributed by atoms with Crippen LogP contribution in [-0.4, -0.2) is 28.1 Å². The van der Waals surface area contributed by atoms with E-state index in [0.717, 1.165) is 11.9 Å². The van der Waals surface area contributed by atoms with Gasteiger partial charge in [0.2, 0.25) is 21.7 Å². The Kier molecular flexibility index (Phi) is 5.66. The molecule has 160 valence electrons. The summed E-state index contributed by atoms with van der Waals surface area (Å²) >= 11 is 0. The molecule has 0 unspecified atom stereocenters. The summed E-state index contributed by atoms with van der Waals surface area (Å²) < 4.78 is 34.0. The highest BCUT2D eigenvalue weighted by atomic mass is 32.2. The van der Waals surface area contributed by atoms with Crippen LogP contribution in [0.5, 0.6) is 0 Å². The Morgan fingerprint density at radius 2 is 1.87 bits per heavy atom. The number of aromatic nitrogens is 4. The maximum Gasteiger partial charge on any atom is 0.272 e. The van der Waals surface area contributed by atoms with Crippen molar-refractivity contribution in [2.75, 3.05) is 0 Å². The molecule has 0 saturated heterocycles. The maximum absolute atomic E-state index is 12.4. The number of hydrogen-bond acceptors (Lipinski definition) is 7. The molecule has 0 radical (unpaired) electrons. The lowest BCUT2D eigenvalue weighted by atomic mass is 10.1. The van der Waals surface area contributed by atoms with E-state index < -0.39 is 10.0 Å². The largest absolute Gasteiger partial charge is 0.338 e. The Labute approximate surface area is 178 Å². The van der Waals surface area contributed by atoms with E-state index in [4.69, 9.17) is 4.52 Å². The number of sulfonamides is 1. The average molecular weight is 439 g/mol. The highest BCUT2D eigenvalue weighted by Gasteiger charge is 2.17. The number of nitrogens with zero attached hydrogens (tertiary/aromatic N) is 4. The fourth-order valence-corrected chi connectivity index (χ4v) is 4.24. The van der Waals surface area contributed by atoms with Crippen molar-refractivity contribution in [3.05, 3.63) is 70.5 Å². The third-order valence-corrected chi connectivity index (χ3v) is 6.17. The zero-order chi connectivity index (χ0) is 22.0. The van der Waals surface area contributed by atoms with Crippen LogP contribution in [-0.2, 0) is 23.1 Å². The summed E-state index contributed by atoms with van der Waals surface area (Å²) in [6.07, 6.45) is 0.827. The van der Waals surface area contributed by atoms with Crippen LogP contribution >= 0.6 is 0 Å².